The van der Waals surface area contributed by atoms with Crippen LogP contribution in [0.1, 0.15) is 11.4 Å². The van der Waals surface area contributed by atoms with E-state index < -0.39 is 0 Å². The molecule has 0 spiro atoms. The van der Waals surface area contributed by atoms with Gasteiger partial charge in [-0.15, -0.1) is 0 Å². The van der Waals surface area contributed by atoms with E-state index in [0.29, 0.717) is 34.5 Å². The van der Waals surface area contributed by atoms with Gasteiger partial charge in [0.05, 0.1) is 57.4 Å². The fourth-order valence-corrected chi connectivity index (χ4v) is 6.56. The van der Waals surface area contributed by atoms with Crippen molar-refractivity contribution in [3.63, 3.8) is 0 Å². The van der Waals surface area contributed by atoms with E-state index in [1.165, 1.54) is 0 Å². The molecule has 0 aliphatic carbocycles. The second-order valence-electron chi connectivity index (χ2n) is 12.3. The minimum absolute atomic E-state index is 0.281. The molecule has 2 aromatic heterocycles. The standard InChI is InChI=1S/C34H40Cl2N8O2/c1-41(2)33-29(19-43-15-21(16-43)45-5)37-13-27(39-33)25-11-7-9-23(31(25)35)24-10-8-12-26(32(24)36)28-14-38-30(34(40-28)42(3)4)20-44-17-22(18-44)46-6/h7-14,21-22H,15-20H2,1-6H3. The maximum absolute atomic E-state index is 7.13. The Kier molecular flexibility index (Phi) is 9.75. The minimum Gasteiger partial charge on any atom is -0.379 e. The molecule has 242 valence electrons. The summed E-state index contributed by atoms with van der Waals surface area (Å²) in [5, 5.41) is 1.11. The topological polar surface area (TPSA) is 83.0 Å². The number of halogens is 2. The van der Waals surface area contributed by atoms with Crippen molar-refractivity contribution in [3.05, 3.63) is 70.2 Å². The first-order valence-electron chi connectivity index (χ1n) is 15.3. The average molecular weight is 664 g/mol. The maximum atomic E-state index is 7.13. The summed E-state index contributed by atoms with van der Waals surface area (Å²) in [6, 6.07) is 11.8. The lowest BCUT2D eigenvalue weighted by Gasteiger charge is -2.38. The zero-order chi connectivity index (χ0) is 32.5. The third kappa shape index (κ3) is 6.56. The zero-order valence-corrected chi connectivity index (χ0v) is 28.7. The Bertz CT molecular complexity index is 1580. The molecule has 2 saturated heterocycles. The van der Waals surface area contributed by atoms with Crippen LogP contribution in [-0.2, 0) is 22.6 Å². The zero-order valence-electron chi connectivity index (χ0n) is 27.2. The molecule has 0 amide bonds. The van der Waals surface area contributed by atoms with Crippen LogP contribution in [0.4, 0.5) is 11.6 Å². The first kappa shape index (κ1) is 32.6. The Morgan fingerprint density at radius 2 is 1.02 bits per heavy atom. The first-order valence-corrected chi connectivity index (χ1v) is 16.1. The largest absolute Gasteiger partial charge is 0.379 e. The molecule has 10 nitrogen and oxygen atoms in total. The summed E-state index contributed by atoms with van der Waals surface area (Å²) in [5.41, 5.74) is 6.40. The number of likely N-dealkylation sites (tertiary alicyclic amines) is 2. The second kappa shape index (κ2) is 13.8. The van der Waals surface area contributed by atoms with Gasteiger partial charge in [-0.1, -0.05) is 59.6 Å². The third-order valence-corrected chi connectivity index (χ3v) is 9.42. The summed E-state index contributed by atoms with van der Waals surface area (Å²) in [7, 11) is 11.4. The molecule has 4 aromatic rings. The van der Waals surface area contributed by atoms with E-state index in [4.69, 9.17) is 52.6 Å². The SMILES string of the molecule is COC1CN(Cc2ncc(-c3cccc(-c4cccc(-c5cnc(CN6CC(OC)C6)c(N(C)C)n5)c4Cl)c3Cl)nc2N(C)C)C1. The van der Waals surface area contributed by atoms with Crippen LogP contribution in [0, 0.1) is 0 Å². The van der Waals surface area contributed by atoms with Crippen LogP contribution < -0.4 is 9.80 Å². The van der Waals surface area contributed by atoms with Crippen molar-refractivity contribution in [1.29, 1.82) is 0 Å². The fourth-order valence-electron chi connectivity index (χ4n) is 5.91. The molecule has 0 unspecified atom stereocenters. The summed E-state index contributed by atoms with van der Waals surface area (Å²) in [4.78, 5) is 28.3. The van der Waals surface area contributed by atoms with E-state index in [-0.39, 0.29) is 12.2 Å². The molecule has 2 aromatic carbocycles. The van der Waals surface area contributed by atoms with Crippen LogP contribution in [0.2, 0.25) is 10.0 Å². The van der Waals surface area contributed by atoms with Crippen molar-refractivity contribution in [2.24, 2.45) is 0 Å². The molecule has 12 heteroatoms. The van der Waals surface area contributed by atoms with Crippen molar-refractivity contribution in [2.75, 3.05) is 78.4 Å². The number of aromatic nitrogens is 4. The van der Waals surface area contributed by atoms with E-state index in [9.17, 15) is 0 Å². The number of anilines is 2. The van der Waals surface area contributed by atoms with Gasteiger partial charge >= 0.3 is 0 Å². The van der Waals surface area contributed by atoms with Crippen LogP contribution in [0.25, 0.3) is 33.6 Å². The maximum Gasteiger partial charge on any atom is 0.151 e. The van der Waals surface area contributed by atoms with E-state index in [1.807, 2.05) is 74.4 Å². The Labute approximate surface area is 280 Å². The second-order valence-corrected chi connectivity index (χ2v) is 13.0. The molecule has 0 atom stereocenters. The number of nitrogens with zero attached hydrogens (tertiary/aromatic N) is 8. The van der Waals surface area contributed by atoms with E-state index in [0.717, 1.165) is 71.5 Å². The molecule has 2 aliphatic heterocycles. The molecule has 4 heterocycles. The van der Waals surface area contributed by atoms with Gasteiger partial charge in [0.25, 0.3) is 0 Å². The number of rotatable bonds is 11. The Morgan fingerprint density at radius 1 is 0.652 bits per heavy atom. The fraction of sp³-hybridized carbons (Fsp3) is 0.412. The van der Waals surface area contributed by atoms with Gasteiger partial charge in [0.15, 0.2) is 11.6 Å². The molecular weight excluding hydrogens is 623 g/mol. The highest BCUT2D eigenvalue weighted by atomic mass is 35.5. The van der Waals surface area contributed by atoms with Gasteiger partial charge in [0.2, 0.25) is 0 Å². The molecule has 6 rings (SSSR count). The van der Waals surface area contributed by atoms with Crippen LogP contribution >= 0.6 is 23.2 Å². The average Bonchev–Trinajstić information content (AvgIpc) is 3.00. The smallest absolute Gasteiger partial charge is 0.151 e. The number of hydrogen-bond acceptors (Lipinski definition) is 10. The summed E-state index contributed by atoms with van der Waals surface area (Å²) in [5.74, 6) is 1.62. The van der Waals surface area contributed by atoms with Crippen LogP contribution in [0.5, 0.6) is 0 Å². The summed E-state index contributed by atoms with van der Waals surface area (Å²) < 4.78 is 10.9. The van der Waals surface area contributed by atoms with Gasteiger partial charge in [-0.25, -0.2) is 9.97 Å². The highest BCUT2D eigenvalue weighted by Crippen LogP contribution is 2.42. The van der Waals surface area contributed by atoms with Gasteiger partial charge in [0, 0.05) is 104 Å². The molecule has 2 fully saturated rings. The van der Waals surface area contributed by atoms with Crippen molar-refractivity contribution >= 4 is 34.8 Å². The van der Waals surface area contributed by atoms with Crippen molar-refractivity contribution in [1.82, 2.24) is 29.7 Å². The van der Waals surface area contributed by atoms with Gasteiger partial charge in [-0.3, -0.25) is 19.8 Å². The number of hydrogen-bond donors (Lipinski definition) is 0. The monoisotopic (exact) mass is 662 g/mol. The molecule has 0 radical (unpaired) electrons. The Balaban J connectivity index is 1.30. The van der Waals surface area contributed by atoms with Crippen molar-refractivity contribution in [2.45, 2.75) is 25.3 Å². The third-order valence-electron chi connectivity index (χ3n) is 8.60. The molecule has 0 bridgehead atoms. The van der Waals surface area contributed by atoms with Crippen LogP contribution in [0.15, 0.2) is 48.8 Å². The quantitative estimate of drug-likeness (QED) is 0.209. The lowest BCUT2D eigenvalue weighted by atomic mass is 9.98. The van der Waals surface area contributed by atoms with E-state index in [1.54, 1.807) is 26.6 Å². The first-order chi connectivity index (χ1) is 22.2. The van der Waals surface area contributed by atoms with Gasteiger partial charge in [-0.2, -0.15) is 0 Å². The predicted molar refractivity (Wildman–Crippen MR) is 185 cm³/mol. The van der Waals surface area contributed by atoms with E-state index >= 15 is 0 Å². The highest BCUT2D eigenvalue weighted by molar-refractivity contribution is 6.39. The Morgan fingerprint density at radius 3 is 1.37 bits per heavy atom. The van der Waals surface area contributed by atoms with Crippen LogP contribution in [-0.4, -0.2) is 111 Å². The highest BCUT2D eigenvalue weighted by Gasteiger charge is 2.29. The molecule has 0 saturated carbocycles. The summed E-state index contributed by atoms with van der Waals surface area (Å²) in [6.07, 6.45) is 4.16. The summed E-state index contributed by atoms with van der Waals surface area (Å²) in [6.45, 7) is 4.98. The van der Waals surface area contributed by atoms with Crippen molar-refractivity contribution < 1.29 is 9.47 Å². The lowest BCUT2D eigenvalue weighted by Crippen LogP contribution is -2.51. The summed E-state index contributed by atoms with van der Waals surface area (Å²) >= 11 is 14.3. The normalized spacial score (nSPS) is 15.9. The molecular formula is C34H40Cl2N8O2. The van der Waals surface area contributed by atoms with Crippen LogP contribution in [0.3, 0.4) is 0 Å². The Hall–Kier alpha value is -3.38. The molecule has 2 aliphatic rings. The lowest BCUT2D eigenvalue weighted by molar-refractivity contribution is -0.0339. The van der Waals surface area contributed by atoms with E-state index in [2.05, 4.69) is 9.80 Å². The molecule has 0 N–H and O–H groups in total. The minimum atomic E-state index is 0.281. The predicted octanol–water partition coefficient (Wildman–Crippen LogP) is 5.37. The van der Waals surface area contributed by atoms with Gasteiger partial charge < -0.3 is 19.3 Å². The van der Waals surface area contributed by atoms with Gasteiger partial charge in [0.1, 0.15) is 0 Å². The number of benzene rings is 2. The molecule has 46 heavy (non-hydrogen) atoms. The number of ether oxygens (including phenoxy) is 2. The number of methoxy groups -OCH3 is 2. The van der Waals surface area contributed by atoms with Crippen molar-refractivity contribution in [3.8, 4) is 33.6 Å². The van der Waals surface area contributed by atoms with Gasteiger partial charge in [-0.05, 0) is 0 Å².